The van der Waals surface area contributed by atoms with Crippen LogP contribution in [0.5, 0.6) is 11.5 Å². The average molecular weight is 882 g/mol. The molecule has 0 unspecified atom stereocenters. The molecule has 53 heavy (non-hydrogen) atoms. The maximum atomic E-state index is 6.66. The molecule has 5 nitrogen and oxygen atoms in total. The SMILES string of the molecule is Cc1cc(C(C)(C)C)cc(C)c1-c1c(C)nn(-c2[c-]c(Oc3[c-]c4c(cc3)c3ccccc3n4-c3cc(C(C)(C)C)ccn3)cc(C(C)C)c2)c1C.[Pt+2]. The molecule has 6 heteroatoms. The molecule has 0 aliphatic heterocycles. The predicted molar refractivity (Wildman–Crippen MR) is 216 cm³/mol. The van der Waals surface area contributed by atoms with Gasteiger partial charge in [0.05, 0.1) is 5.69 Å². The fourth-order valence-electron chi connectivity index (χ4n) is 7.38. The van der Waals surface area contributed by atoms with E-state index in [0.29, 0.717) is 11.5 Å². The minimum Gasteiger partial charge on any atom is -0.509 e. The third kappa shape index (κ3) is 7.13. The van der Waals surface area contributed by atoms with E-state index in [1.807, 2.05) is 16.9 Å². The van der Waals surface area contributed by atoms with E-state index in [0.717, 1.165) is 50.3 Å². The first-order valence-corrected chi connectivity index (χ1v) is 18.4. The van der Waals surface area contributed by atoms with Gasteiger partial charge in [0.25, 0.3) is 0 Å². The van der Waals surface area contributed by atoms with E-state index in [1.54, 1.807) is 0 Å². The van der Waals surface area contributed by atoms with Crippen LogP contribution in [0.15, 0.2) is 79.0 Å². The summed E-state index contributed by atoms with van der Waals surface area (Å²) in [5.74, 6) is 2.38. The van der Waals surface area contributed by atoms with Crippen LogP contribution in [0.3, 0.4) is 0 Å². The summed E-state index contributed by atoms with van der Waals surface area (Å²) in [5, 5.41) is 7.36. The number of benzene rings is 4. The molecule has 0 aliphatic carbocycles. The first kappa shape index (κ1) is 38.3. The van der Waals surface area contributed by atoms with Crippen LogP contribution >= 0.6 is 0 Å². The number of nitrogens with zero attached hydrogens (tertiary/aromatic N) is 4. The molecule has 0 atom stereocenters. The zero-order valence-electron chi connectivity index (χ0n) is 33.1. The van der Waals surface area contributed by atoms with E-state index in [2.05, 4.69) is 167 Å². The quantitative estimate of drug-likeness (QED) is 0.156. The van der Waals surface area contributed by atoms with E-state index in [-0.39, 0.29) is 37.8 Å². The minimum atomic E-state index is -0.00974. The maximum Gasteiger partial charge on any atom is 2.00 e. The second-order valence-corrected chi connectivity index (χ2v) is 16.7. The van der Waals surface area contributed by atoms with E-state index in [9.17, 15) is 0 Å². The molecule has 274 valence electrons. The van der Waals surface area contributed by atoms with Crippen molar-refractivity contribution in [3.63, 3.8) is 0 Å². The van der Waals surface area contributed by atoms with Crippen molar-refractivity contribution in [1.29, 1.82) is 0 Å². The molecule has 0 aliphatic rings. The molecule has 4 aromatic carbocycles. The standard InChI is InChI=1S/C47H50N4O.Pt/c1-28(2)33-23-36(51-32(6)45(31(5)49-51)44-29(3)21-35(22-30(44)4)47(10,11)12)26-38(24-33)52-37-17-18-40-39-15-13-14-16-41(39)50(42(40)27-37)43-25-34(19-20-48-43)46(7,8)9;/h13-25,28H,1-12H3;/q-2;+2. The Hall–Kier alpha value is -4.47. The second-order valence-electron chi connectivity index (χ2n) is 16.7. The second kappa shape index (κ2) is 14.1. The van der Waals surface area contributed by atoms with Crippen LogP contribution in [0.25, 0.3) is 44.4 Å². The number of hydrogen-bond donors (Lipinski definition) is 0. The Morgan fingerprint density at radius 3 is 2.04 bits per heavy atom. The maximum absolute atomic E-state index is 6.66. The zero-order chi connectivity index (χ0) is 37.3. The molecule has 7 rings (SSSR count). The first-order valence-electron chi connectivity index (χ1n) is 18.4. The molecule has 0 fully saturated rings. The Bertz CT molecular complexity index is 2460. The molecule has 3 heterocycles. The summed E-state index contributed by atoms with van der Waals surface area (Å²) in [7, 11) is 0. The Morgan fingerprint density at radius 1 is 0.698 bits per heavy atom. The smallest absolute Gasteiger partial charge is 0.509 e. The number of ether oxygens (including phenoxy) is 1. The van der Waals surface area contributed by atoms with Gasteiger partial charge in [-0.05, 0) is 102 Å². The molecule has 0 saturated heterocycles. The van der Waals surface area contributed by atoms with Crippen molar-refractivity contribution in [2.24, 2.45) is 0 Å². The van der Waals surface area contributed by atoms with Gasteiger partial charge in [0, 0.05) is 34.5 Å². The summed E-state index contributed by atoms with van der Waals surface area (Å²) in [6, 6.07) is 33.0. The van der Waals surface area contributed by atoms with E-state index < -0.39 is 0 Å². The van der Waals surface area contributed by atoms with Gasteiger partial charge >= 0.3 is 21.1 Å². The van der Waals surface area contributed by atoms with Crippen molar-refractivity contribution < 1.29 is 25.8 Å². The van der Waals surface area contributed by atoms with Gasteiger partial charge in [0.2, 0.25) is 0 Å². The third-order valence-corrected chi connectivity index (χ3v) is 10.3. The number of rotatable bonds is 6. The first-order chi connectivity index (χ1) is 24.5. The van der Waals surface area contributed by atoms with Crippen LogP contribution in [0.1, 0.15) is 101 Å². The van der Waals surface area contributed by atoms with Gasteiger partial charge in [-0.2, -0.15) is 11.2 Å². The molecule has 0 saturated carbocycles. The number of aryl methyl sites for hydroxylation is 3. The largest absolute Gasteiger partial charge is 2.00 e. The van der Waals surface area contributed by atoms with Crippen molar-refractivity contribution in [3.05, 3.63) is 130 Å². The van der Waals surface area contributed by atoms with Gasteiger partial charge in [0.15, 0.2) is 0 Å². The summed E-state index contributed by atoms with van der Waals surface area (Å²) < 4.78 is 10.9. The van der Waals surface area contributed by atoms with Gasteiger partial charge in [-0.25, -0.2) is 4.98 Å². The fraction of sp³-hybridized carbons (Fsp3) is 0.319. The van der Waals surface area contributed by atoms with Crippen LogP contribution in [0.2, 0.25) is 0 Å². The summed E-state index contributed by atoms with van der Waals surface area (Å²) in [4.78, 5) is 4.84. The molecule has 7 aromatic rings. The molecule has 0 bridgehead atoms. The number of fused-ring (bicyclic) bond motifs is 3. The minimum absolute atomic E-state index is 0. The monoisotopic (exact) mass is 881 g/mol. The number of hydrogen-bond acceptors (Lipinski definition) is 3. The predicted octanol–water partition coefficient (Wildman–Crippen LogP) is 12.4. The van der Waals surface area contributed by atoms with Crippen molar-refractivity contribution in [2.45, 2.75) is 99.8 Å². The Labute approximate surface area is 329 Å². The molecular weight excluding hydrogens is 832 g/mol. The zero-order valence-corrected chi connectivity index (χ0v) is 35.4. The molecular formula is C47H50N4OPt. The van der Waals surface area contributed by atoms with E-state index >= 15 is 0 Å². The summed E-state index contributed by atoms with van der Waals surface area (Å²) in [5.41, 5.74) is 13.7. The summed E-state index contributed by atoms with van der Waals surface area (Å²) in [6.45, 7) is 26.6. The van der Waals surface area contributed by atoms with Crippen LogP contribution < -0.4 is 4.74 Å². The van der Waals surface area contributed by atoms with E-state index in [1.165, 1.54) is 33.4 Å². The Kier molecular flexibility index (Phi) is 10.2. The topological polar surface area (TPSA) is 44.9 Å². The summed E-state index contributed by atoms with van der Waals surface area (Å²) >= 11 is 0. The van der Waals surface area contributed by atoms with Gasteiger partial charge < -0.3 is 9.30 Å². The van der Waals surface area contributed by atoms with Crippen LogP contribution in [-0.4, -0.2) is 19.3 Å². The fourth-order valence-corrected chi connectivity index (χ4v) is 7.38. The van der Waals surface area contributed by atoms with Crippen LogP contribution in [0.4, 0.5) is 0 Å². The van der Waals surface area contributed by atoms with E-state index in [4.69, 9.17) is 14.8 Å². The number of pyridine rings is 1. The van der Waals surface area contributed by atoms with Crippen molar-refractivity contribution in [1.82, 2.24) is 19.3 Å². The number of para-hydroxylation sites is 1. The van der Waals surface area contributed by atoms with Gasteiger partial charge in [0.1, 0.15) is 5.82 Å². The third-order valence-electron chi connectivity index (χ3n) is 10.3. The molecule has 0 radical (unpaired) electrons. The molecule has 0 N–H and O–H groups in total. The summed E-state index contributed by atoms with van der Waals surface area (Å²) in [6.07, 6.45) is 1.90. The van der Waals surface area contributed by atoms with Gasteiger partial charge in [-0.1, -0.05) is 91.2 Å². The normalized spacial score (nSPS) is 12.2. The van der Waals surface area contributed by atoms with Crippen molar-refractivity contribution in [2.75, 3.05) is 0 Å². The van der Waals surface area contributed by atoms with Gasteiger partial charge in [-0.15, -0.1) is 41.3 Å². The molecule has 0 amide bonds. The number of aromatic nitrogens is 4. The average Bonchev–Trinajstić information content (AvgIpc) is 3.56. The molecule has 3 aromatic heterocycles. The Balaban J connectivity index is 0.00000481. The van der Waals surface area contributed by atoms with Crippen LogP contribution in [-0.2, 0) is 31.9 Å². The van der Waals surface area contributed by atoms with Crippen molar-refractivity contribution in [3.8, 4) is 34.1 Å². The van der Waals surface area contributed by atoms with Crippen LogP contribution in [0, 0.1) is 39.8 Å². The molecule has 0 spiro atoms. The van der Waals surface area contributed by atoms with Crippen molar-refractivity contribution >= 4 is 21.8 Å². The van der Waals surface area contributed by atoms with Gasteiger partial charge in [-0.3, -0.25) is 4.68 Å². The Morgan fingerprint density at radius 2 is 1.38 bits per heavy atom.